The fourth-order valence-electron chi connectivity index (χ4n) is 4.33. The van der Waals surface area contributed by atoms with E-state index in [2.05, 4.69) is 5.32 Å². The lowest BCUT2D eigenvalue weighted by atomic mass is 9.87. The Morgan fingerprint density at radius 3 is 2.42 bits per heavy atom. The number of nitrogens with one attached hydrogen (secondary N) is 1. The molecule has 4 rings (SSSR count). The average Bonchev–Trinajstić information content (AvgIpc) is 2.97. The minimum Gasteiger partial charge on any atom is -0.342 e. The van der Waals surface area contributed by atoms with E-state index in [-0.39, 0.29) is 36.6 Å². The first-order valence-electron chi connectivity index (χ1n) is 10.5. The molecule has 2 aliphatic rings. The number of imide groups is 1. The number of urea groups is 1. The second kappa shape index (κ2) is 8.13. The number of nitrogens with zero attached hydrogens (tertiary/aromatic N) is 2. The second-order valence-corrected chi connectivity index (χ2v) is 8.52. The summed E-state index contributed by atoms with van der Waals surface area (Å²) in [5, 5.41) is 2.90. The summed E-state index contributed by atoms with van der Waals surface area (Å²) in [5.74, 6) is -0.619. The predicted molar refractivity (Wildman–Crippen MR) is 114 cm³/mol. The fraction of sp³-hybridized carbons (Fsp3) is 0.375. The first-order chi connectivity index (χ1) is 14.8. The lowest BCUT2D eigenvalue weighted by Gasteiger charge is -2.37. The van der Waals surface area contributed by atoms with Crippen LogP contribution in [0.3, 0.4) is 0 Å². The number of carbonyl (C=O) groups is 3. The number of hydrogen-bond donors (Lipinski definition) is 1. The predicted octanol–water partition coefficient (Wildman–Crippen LogP) is 3.10. The highest BCUT2D eigenvalue weighted by molar-refractivity contribution is 6.07. The van der Waals surface area contributed by atoms with Crippen LogP contribution in [-0.4, -0.2) is 46.3 Å². The Balaban J connectivity index is 1.40. The van der Waals surface area contributed by atoms with E-state index >= 15 is 0 Å². The zero-order valence-electron chi connectivity index (χ0n) is 17.8. The minimum atomic E-state index is -0.943. The minimum absolute atomic E-state index is 0.0644. The van der Waals surface area contributed by atoms with E-state index in [1.807, 2.05) is 32.0 Å². The van der Waals surface area contributed by atoms with Crippen LogP contribution in [0.4, 0.5) is 9.18 Å². The first-order valence-corrected chi connectivity index (χ1v) is 10.5. The van der Waals surface area contributed by atoms with Crippen molar-refractivity contribution in [3.05, 3.63) is 70.5 Å². The summed E-state index contributed by atoms with van der Waals surface area (Å²) in [6.45, 7) is 4.98. The molecule has 0 aliphatic carbocycles. The van der Waals surface area contributed by atoms with Crippen molar-refractivity contribution >= 4 is 17.8 Å². The third kappa shape index (κ3) is 4.17. The van der Waals surface area contributed by atoms with Crippen LogP contribution in [0.15, 0.2) is 42.5 Å². The van der Waals surface area contributed by atoms with Gasteiger partial charge in [0.1, 0.15) is 11.4 Å². The van der Waals surface area contributed by atoms with Crippen LogP contribution < -0.4 is 5.32 Å². The summed E-state index contributed by atoms with van der Waals surface area (Å²) in [7, 11) is 0. The molecule has 1 N–H and O–H groups in total. The Hall–Kier alpha value is -3.22. The van der Waals surface area contributed by atoms with E-state index in [4.69, 9.17) is 0 Å². The largest absolute Gasteiger partial charge is 0.342 e. The highest BCUT2D eigenvalue weighted by Crippen LogP contribution is 2.31. The van der Waals surface area contributed by atoms with Gasteiger partial charge in [0.25, 0.3) is 5.91 Å². The van der Waals surface area contributed by atoms with Gasteiger partial charge >= 0.3 is 6.03 Å². The van der Waals surface area contributed by atoms with Gasteiger partial charge in [-0.3, -0.25) is 14.5 Å². The van der Waals surface area contributed by atoms with Crippen molar-refractivity contribution in [2.24, 2.45) is 0 Å². The zero-order chi connectivity index (χ0) is 22.2. The molecule has 31 heavy (non-hydrogen) atoms. The highest BCUT2D eigenvalue weighted by Gasteiger charge is 2.52. The molecule has 0 saturated carbocycles. The van der Waals surface area contributed by atoms with Crippen LogP contribution >= 0.6 is 0 Å². The molecule has 4 amide bonds. The first kappa shape index (κ1) is 21.0. The van der Waals surface area contributed by atoms with Gasteiger partial charge in [-0.05, 0) is 55.5 Å². The number of piperidine rings is 1. The number of rotatable bonds is 4. The molecule has 2 saturated heterocycles. The molecule has 2 heterocycles. The Bertz CT molecular complexity index is 1030. The lowest BCUT2D eigenvalue weighted by molar-refractivity contribution is -0.138. The zero-order valence-corrected chi connectivity index (χ0v) is 17.8. The smallest absolute Gasteiger partial charge is 0.325 e. The van der Waals surface area contributed by atoms with E-state index in [0.29, 0.717) is 25.9 Å². The molecule has 0 unspecified atom stereocenters. The van der Waals surface area contributed by atoms with Crippen molar-refractivity contribution in [3.8, 4) is 0 Å². The second-order valence-electron chi connectivity index (χ2n) is 8.52. The topological polar surface area (TPSA) is 69.7 Å². The molecule has 2 aliphatic heterocycles. The van der Waals surface area contributed by atoms with Crippen molar-refractivity contribution in [2.75, 3.05) is 13.1 Å². The Morgan fingerprint density at radius 1 is 1.06 bits per heavy atom. The molecule has 0 radical (unpaired) electrons. The van der Waals surface area contributed by atoms with Gasteiger partial charge in [-0.25, -0.2) is 9.18 Å². The number of amides is 4. The maximum atomic E-state index is 13.2. The van der Waals surface area contributed by atoms with Crippen molar-refractivity contribution in [2.45, 2.75) is 45.2 Å². The van der Waals surface area contributed by atoms with Crippen LogP contribution in [-0.2, 0) is 22.6 Å². The molecule has 7 heteroatoms. The number of carbonyl (C=O) groups excluding carboxylic acids is 3. The van der Waals surface area contributed by atoms with Gasteiger partial charge in [0.15, 0.2) is 0 Å². The van der Waals surface area contributed by atoms with Crippen molar-refractivity contribution in [1.29, 1.82) is 0 Å². The molecule has 2 aromatic carbocycles. The van der Waals surface area contributed by atoms with Crippen molar-refractivity contribution < 1.29 is 18.8 Å². The Labute approximate surface area is 181 Å². The normalized spacial score (nSPS) is 17.9. The van der Waals surface area contributed by atoms with Gasteiger partial charge in [0, 0.05) is 13.1 Å². The van der Waals surface area contributed by atoms with Gasteiger partial charge < -0.3 is 10.2 Å². The van der Waals surface area contributed by atoms with Crippen LogP contribution in [0, 0.1) is 19.7 Å². The van der Waals surface area contributed by atoms with Crippen LogP contribution in [0.25, 0.3) is 0 Å². The van der Waals surface area contributed by atoms with Crippen LogP contribution in [0.2, 0.25) is 0 Å². The molecular weight excluding hydrogens is 397 g/mol. The van der Waals surface area contributed by atoms with Crippen LogP contribution in [0.1, 0.15) is 35.1 Å². The molecule has 0 atom stereocenters. The molecule has 0 bridgehead atoms. The Kier molecular flexibility index (Phi) is 5.52. The Morgan fingerprint density at radius 2 is 1.74 bits per heavy atom. The molecule has 1 spiro atoms. The quantitative estimate of drug-likeness (QED) is 0.769. The molecule has 6 nitrogen and oxygen atoms in total. The van der Waals surface area contributed by atoms with E-state index in [9.17, 15) is 18.8 Å². The van der Waals surface area contributed by atoms with Crippen molar-refractivity contribution in [1.82, 2.24) is 15.1 Å². The third-order valence-electron chi connectivity index (χ3n) is 6.32. The highest BCUT2D eigenvalue weighted by atomic mass is 19.1. The van der Waals surface area contributed by atoms with Gasteiger partial charge in [-0.2, -0.15) is 0 Å². The summed E-state index contributed by atoms with van der Waals surface area (Å²) >= 11 is 0. The van der Waals surface area contributed by atoms with Gasteiger partial charge in [-0.1, -0.05) is 35.9 Å². The summed E-state index contributed by atoms with van der Waals surface area (Å²) in [4.78, 5) is 41.4. The monoisotopic (exact) mass is 423 g/mol. The number of halogens is 1. The SMILES string of the molecule is Cc1ccc(C)c(CN2C(=O)NC3(CCN(C(=O)Cc4ccc(F)cc4)CC3)C2=O)c1. The standard InChI is InChI=1S/C24H26FN3O3/c1-16-3-4-17(2)19(13-16)15-28-22(30)24(26-23(28)31)9-11-27(12-10-24)21(29)14-18-5-7-20(25)8-6-18/h3-8,13H,9-12,14-15H2,1-2H3,(H,26,31). The van der Waals surface area contributed by atoms with E-state index in [1.54, 1.807) is 17.0 Å². The van der Waals surface area contributed by atoms with Crippen molar-refractivity contribution in [3.63, 3.8) is 0 Å². The number of likely N-dealkylation sites (tertiary alicyclic amines) is 1. The van der Waals surface area contributed by atoms with Gasteiger partial charge in [0.2, 0.25) is 5.91 Å². The summed E-state index contributed by atoms with van der Waals surface area (Å²) in [5.41, 5.74) is 2.87. The molecular formula is C24H26FN3O3. The van der Waals surface area contributed by atoms with Gasteiger partial charge in [-0.15, -0.1) is 0 Å². The number of aryl methyl sites for hydroxylation is 2. The molecule has 2 fully saturated rings. The van der Waals surface area contributed by atoms with E-state index in [0.717, 1.165) is 22.3 Å². The van der Waals surface area contributed by atoms with Gasteiger partial charge in [0.05, 0.1) is 13.0 Å². The molecule has 2 aromatic rings. The fourth-order valence-corrected chi connectivity index (χ4v) is 4.33. The van der Waals surface area contributed by atoms with Crippen LogP contribution in [0.5, 0.6) is 0 Å². The van der Waals surface area contributed by atoms with E-state index in [1.165, 1.54) is 17.0 Å². The summed E-state index contributed by atoms with van der Waals surface area (Å²) in [6, 6.07) is 11.5. The summed E-state index contributed by atoms with van der Waals surface area (Å²) in [6.07, 6.45) is 0.957. The maximum Gasteiger partial charge on any atom is 0.325 e. The maximum absolute atomic E-state index is 13.2. The van der Waals surface area contributed by atoms with E-state index < -0.39 is 5.54 Å². The third-order valence-corrected chi connectivity index (χ3v) is 6.32. The average molecular weight is 423 g/mol. The summed E-state index contributed by atoms with van der Waals surface area (Å²) < 4.78 is 13.1. The molecule has 162 valence electrons. The molecule has 0 aromatic heterocycles. The lowest BCUT2D eigenvalue weighted by Crippen LogP contribution is -2.56. The number of benzene rings is 2. The number of hydrogen-bond acceptors (Lipinski definition) is 3.